The number of nitrogens with two attached hydrogens (primary N) is 1. The molecule has 0 aromatic heterocycles. The third-order valence-electron chi connectivity index (χ3n) is 3.33. The first-order chi connectivity index (χ1) is 8.56. The van der Waals surface area contributed by atoms with E-state index < -0.39 is 0 Å². The van der Waals surface area contributed by atoms with Crippen molar-refractivity contribution in [2.24, 2.45) is 11.7 Å². The molecule has 2 amide bonds. The minimum absolute atomic E-state index is 0.203. The van der Waals surface area contributed by atoms with Gasteiger partial charge in [-0.15, -0.1) is 0 Å². The van der Waals surface area contributed by atoms with Crippen molar-refractivity contribution < 1.29 is 14.3 Å². The molecule has 104 valence electrons. The van der Waals surface area contributed by atoms with Crippen LogP contribution in [0.5, 0.6) is 0 Å². The molecule has 2 atom stereocenters. The standard InChI is InChI=1S/C12H23N3O3/c1-3-14-10-6-9(4-5-11(16)18-2)7-15(8-10)12(13)17/h9-10,14H,3-8H2,1-2H3,(H2,13,17). The molecule has 0 bridgehead atoms. The van der Waals surface area contributed by atoms with E-state index in [0.29, 0.717) is 25.4 Å². The molecule has 18 heavy (non-hydrogen) atoms. The molecule has 3 N–H and O–H groups in total. The highest BCUT2D eigenvalue weighted by Gasteiger charge is 2.28. The Morgan fingerprint density at radius 1 is 1.44 bits per heavy atom. The number of methoxy groups -OCH3 is 1. The summed E-state index contributed by atoms with van der Waals surface area (Å²) in [6.45, 7) is 4.18. The van der Waals surface area contributed by atoms with Crippen molar-refractivity contribution in [1.29, 1.82) is 0 Å². The number of primary amides is 1. The number of amides is 2. The molecule has 6 nitrogen and oxygen atoms in total. The van der Waals surface area contributed by atoms with Crippen LogP contribution in [-0.4, -0.2) is 49.7 Å². The zero-order valence-corrected chi connectivity index (χ0v) is 11.1. The number of likely N-dealkylation sites (tertiary alicyclic amines) is 1. The van der Waals surface area contributed by atoms with Crippen LogP contribution in [0.4, 0.5) is 4.79 Å². The number of rotatable bonds is 5. The number of urea groups is 1. The lowest BCUT2D eigenvalue weighted by Crippen LogP contribution is -2.52. The molecule has 0 radical (unpaired) electrons. The van der Waals surface area contributed by atoms with Gasteiger partial charge in [0.05, 0.1) is 7.11 Å². The summed E-state index contributed by atoms with van der Waals surface area (Å²) in [5.41, 5.74) is 5.34. The zero-order chi connectivity index (χ0) is 13.5. The van der Waals surface area contributed by atoms with Gasteiger partial charge in [0.1, 0.15) is 0 Å². The van der Waals surface area contributed by atoms with Crippen molar-refractivity contribution in [3.63, 3.8) is 0 Å². The van der Waals surface area contributed by atoms with Crippen LogP contribution in [0.25, 0.3) is 0 Å². The number of likely N-dealkylation sites (N-methyl/N-ethyl adjacent to an activating group) is 1. The number of piperidine rings is 1. The molecule has 0 aliphatic carbocycles. The van der Waals surface area contributed by atoms with Crippen molar-refractivity contribution in [2.75, 3.05) is 26.7 Å². The van der Waals surface area contributed by atoms with E-state index in [9.17, 15) is 9.59 Å². The Morgan fingerprint density at radius 3 is 2.72 bits per heavy atom. The zero-order valence-electron chi connectivity index (χ0n) is 11.1. The highest BCUT2D eigenvalue weighted by molar-refractivity contribution is 5.72. The van der Waals surface area contributed by atoms with E-state index in [1.807, 2.05) is 6.92 Å². The van der Waals surface area contributed by atoms with E-state index in [-0.39, 0.29) is 18.0 Å². The molecular weight excluding hydrogens is 234 g/mol. The van der Waals surface area contributed by atoms with Gasteiger partial charge in [0.25, 0.3) is 0 Å². The minimum atomic E-state index is -0.388. The van der Waals surface area contributed by atoms with Crippen LogP contribution in [-0.2, 0) is 9.53 Å². The van der Waals surface area contributed by atoms with Gasteiger partial charge in [-0.3, -0.25) is 4.79 Å². The number of nitrogens with one attached hydrogen (secondary N) is 1. The summed E-state index contributed by atoms with van der Waals surface area (Å²) in [4.78, 5) is 24.1. The summed E-state index contributed by atoms with van der Waals surface area (Å²) < 4.78 is 4.63. The quantitative estimate of drug-likeness (QED) is 0.695. The van der Waals surface area contributed by atoms with Gasteiger partial charge in [0.15, 0.2) is 0 Å². The average Bonchev–Trinajstić information content (AvgIpc) is 2.36. The number of esters is 1. The molecule has 6 heteroatoms. The molecule has 1 aliphatic heterocycles. The van der Waals surface area contributed by atoms with Gasteiger partial charge < -0.3 is 20.7 Å². The predicted octanol–water partition coefficient (Wildman–Crippen LogP) is 0.318. The van der Waals surface area contributed by atoms with E-state index in [1.165, 1.54) is 7.11 Å². The Hall–Kier alpha value is -1.30. The Bertz CT molecular complexity index is 296. The molecule has 0 aromatic carbocycles. The Morgan fingerprint density at radius 2 is 2.17 bits per heavy atom. The average molecular weight is 257 g/mol. The second-order valence-corrected chi connectivity index (χ2v) is 4.71. The molecule has 0 aromatic rings. The van der Waals surface area contributed by atoms with Crippen LogP contribution in [0, 0.1) is 5.92 Å². The van der Waals surface area contributed by atoms with Crippen LogP contribution < -0.4 is 11.1 Å². The second-order valence-electron chi connectivity index (χ2n) is 4.71. The fourth-order valence-corrected chi connectivity index (χ4v) is 2.45. The van der Waals surface area contributed by atoms with E-state index in [2.05, 4.69) is 10.1 Å². The lowest BCUT2D eigenvalue weighted by atomic mass is 9.90. The number of hydrogen-bond donors (Lipinski definition) is 2. The number of carbonyl (C=O) groups excluding carboxylic acids is 2. The number of nitrogens with zero attached hydrogens (tertiary/aromatic N) is 1. The van der Waals surface area contributed by atoms with Crippen LogP contribution in [0.1, 0.15) is 26.2 Å². The maximum atomic E-state index is 11.3. The van der Waals surface area contributed by atoms with Crippen molar-refractivity contribution in [2.45, 2.75) is 32.2 Å². The van der Waals surface area contributed by atoms with Gasteiger partial charge in [0, 0.05) is 25.6 Å². The maximum absolute atomic E-state index is 11.3. The molecule has 0 saturated carbocycles. The van der Waals surface area contributed by atoms with Gasteiger partial charge in [-0.2, -0.15) is 0 Å². The van der Waals surface area contributed by atoms with Gasteiger partial charge in [-0.1, -0.05) is 6.92 Å². The Balaban J connectivity index is 2.50. The van der Waals surface area contributed by atoms with Crippen LogP contribution in [0.2, 0.25) is 0 Å². The van der Waals surface area contributed by atoms with Crippen molar-refractivity contribution in [3.8, 4) is 0 Å². The van der Waals surface area contributed by atoms with Gasteiger partial charge in [-0.05, 0) is 25.3 Å². The number of carbonyl (C=O) groups is 2. The SMILES string of the molecule is CCNC1CC(CCC(=O)OC)CN(C(N)=O)C1. The topological polar surface area (TPSA) is 84.7 Å². The van der Waals surface area contributed by atoms with E-state index >= 15 is 0 Å². The van der Waals surface area contributed by atoms with Gasteiger partial charge >= 0.3 is 12.0 Å². The monoisotopic (exact) mass is 257 g/mol. The fourth-order valence-electron chi connectivity index (χ4n) is 2.45. The molecule has 1 fully saturated rings. The molecule has 1 saturated heterocycles. The van der Waals surface area contributed by atoms with Crippen molar-refractivity contribution in [3.05, 3.63) is 0 Å². The molecule has 1 rings (SSSR count). The molecule has 2 unspecified atom stereocenters. The first-order valence-corrected chi connectivity index (χ1v) is 6.41. The van der Waals surface area contributed by atoms with Crippen LogP contribution >= 0.6 is 0 Å². The summed E-state index contributed by atoms with van der Waals surface area (Å²) >= 11 is 0. The summed E-state index contributed by atoms with van der Waals surface area (Å²) in [7, 11) is 1.39. The largest absolute Gasteiger partial charge is 0.469 e. The summed E-state index contributed by atoms with van der Waals surface area (Å²) in [6, 6.07) is -0.125. The van der Waals surface area contributed by atoms with Crippen LogP contribution in [0.15, 0.2) is 0 Å². The minimum Gasteiger partial charge on any atom is -0.469 e. The van der Waals surface area contributed by atoms with Crippen LogP contribution in [0.3, 0.4) is 0 Å². The first-order valence-electron chi connectivity index (χ1n) is 6.41. The van der Waals surface area contributed by atoms with E-state index in [1.54, 1.807) is 4.90 Å². The van der Waals surface area contributed by atoms with E-state index in [0.717, 1.165) is 19.4 Å². The fraction of sp³-hybridized carbons (Fsp3) is 0.833. The van der Waals surface area contributed by atoms with Crippen molar-refractivity contribution in [1.82, 2.24) is 10.2 Å². The second kappa shape index (κ2) is 7.20. The lowest BCUT2D eigenvalue weighted by molar-refractivity contribution is -0.141. The Labute approximate surface area is 108 Å². The highest BCUT2D eigenvalue weighted by Crippen LogP contribution is 2.21. The van der Waals surface area contributed by atoms with Gasteiger partial charge in [-0.25, -0.2) is 4.79 Å². The van der Waals surface area contributed by atoms with E-state index in [4.69, 9.17) is 5.73 Å². The normalized spacial score (nSPS) is 23.8. The third-order valence-corrected chi connectivity index (χ3v) is 3.33. The number of hydrogen-bond acceptors (Lipinski definition) is 4. The molecule has 1 heterocycles. The summed E-state index contributed by atoms with van der Waals surface area (Å²) in [6.07, 6.45) is 2.10. The third kappa shape index (κ3) is 4.52. The summed E-state index contributed by atoms with van der Waals surface area (Å²) in [5.74, 6) is 0.0978. The smallest absolute Gasteiger partial charge is 0.314 e. The highest BCUT2D eigenvalue weighted by atomic mass is 16.5. The predicted molar refractivity (Wildman–Crippen MR) is 68.0 cm³/mol. The molecule has 1 aliphatic rings. The Kier molecular flexibility index (Phi) is 5.91. The molecule has 0 spiro atoms. The van der Waals surface area contributed by atoms with Crippen molar-refractivity contribution >= 4 is 12.0 Å². The lowest BCUT2D eigenvalue weighted by Gasteiger charge is -2.37. The summed E-state index contributed by atoms with van der Waals surface area (Å²) in [5, 5.41) is 3.34. The van der Waals surface area contributed by atoms with Gasteiger partial charge in [0.2, 0.25) is 0 Å². The number of ether oxygens (including phenoxy) is 1. The maximum Gasteiger partial charge on any atom is 0.314 e. The molecular formula is C12H23N3O3. The first kappa shape index (κ1) is 14.8.